The molecule has 1 saturated carbocycles. The third kappa shape index (κ3) is 2.99. The summed E-state index contributed by atoms with van der Waals surface area (Å²) in [6.45, 7) is 2.61. The topological polar surface area (TPSA) is 77.1 Å². The maximum atomic E-state index is 13.3. The van der Waals surface area contributed by atoms with E-state index >= 15 is 0 Å². The molecule has 7 heteroatoms. The van der Waals surface area contributed by atoms with Gasteiger partial charge in [-0.1, -0.05) is 18.0 Å². The molecule has 5 rings (SSSR count). The van der Waals surface area contributed by atoms with Gasteiger partial charge in [-0.15, -0.1) is 0 Å². The number of piperidine rings is 1. The lowest BCUT2D eigenvalue weighted by molar-refractivity contribution is 0.0601. The number of amides is 1. The number of aryl methyl sites for hydroxylation is 1. The number of rotatable bonds is 3. The molecule has 0 radical (unpaired) electrons. The van der Waals surface area contributed by atoms with Crippen LogP contribution in [0, 0.1) is 6.92 Å². The quantitative estimate of drug-likeness (QED) is 0.681. The van der Waals surface area contributed by atoms with Crippen LogP contribution >= 0.6 is 0 Å². The Hall–Kier alpha value is -2.70. The van der Waals surface area contributed by atoms with Crippen LogP contribution in [0.3, 0.4) is 0 Å². The molecule has 2 aliphatic rings. The summed E-state index contributed by atoms with van der Waals surface area (Å²) in [5.74, 6) is 0.767. The number of hydrogen-bond acceptors (Lipinski definition) is 5. The monoisotopic (exact) mass is 379 g/mol. The van der Waals surface area contributed by atoms with Crippen molar-refractivity contribution in [2.75, 3.05) is 6.54 Å². The maximum absolute atomic E-state index is 13.3. The van der Waals surface area contributed by atoms with Gasteiger partial charge in [0.15, 0.2) is 5.65 Å². The maximum Gasteiger partial charge on any atom is 0.256 e. The van der Waals surface area contributed by atoms with Crippen LogP contribution in [0.2, 0.25) is 0 Å². The normalized spacial score (nSPS) is 20.9. The fourth-order valence-electron chi connectivity index (χ4n) is 4.68. The van der Waals surface area contributed by atoms with Gasteiger partial charge in [-0.2, -0.15) is 0 Å². The third-order valence-corrected chi connectivity index (χ3v) is 6.13. The van der Waals surface area contributed by atoms with Crippen LogP contribution in [-0.2, 0) is 0 Å². The van der Waals surface area contributed by atoms with Gasteiger partial charge in [-0.3, -0.25) is 4.79 Å². The molecule has 1 aliphatic carbocycles. The first-order valence-electron chi connectivity index (χ1n) is 10.3. The standard InChI is InChI=1S/C21H25N5O2/c1-14-10-17(24-28-14)19-8-4-5-9-25(19)21(27)15-11-18-20(22-12-15)26(13-23-18)16-6-2-3-7-16/h10-13,16,19H,2-9H2,1H3. The minimum Gasteiger partial charge on any atom is -0.361 e. The number of imidazole rings is 1. The molecular weight excluding hydrogens is 354 g/mol. The molecule has 3 aromatic heterocycles. The van der Waals surface area contributed by atoms with E-state index in [1.165, 1.54) is 25.7 Å². The predicted molar refractivity (Wildman–Crippen MR) is 104 cm³/mol. The Balaban J connectivity index is 1.44. The number of hydrogen-bond donors (Lipinski definition) is 0. The van der Waals surface area contributed by atoms with Crippen molar-refractivity contribution in [2.24, 2.45) is 0 Å². The number of aromatic nitrogens is 4. The Kier molecular flexibility index (Phi) is 4.37. The van der Waals surface area contributed by atoms with E-state index < -0.39 is 0 Å². The van der Waals surface area contributed by atoms with Crippen LogP contribution in [0.5, 0.6) is 0 Å². The van der Waals surface area contributed by atoms with E-state index in [4.69, 9.17) is 4.52 Å². The van der Waals surface area contributed by atoms with E-state index in [1.807, 2.05) is 30.3 Å². The lowest BCUT2D eigenvalue weighted by Crippen LogP contribution is -2.38. The van der Waals surface area contributed by atoms with Crippen LogP contribution in [0.1, 0.15) is 78.8 Å². The van der Waals surface area contributed by atoms with Crippen molar-refractivity contribution in [3.8, 4) is 0 Å². The molecule has 1 amide bonds. The minimum absolute atomic E-state index is 0.00447. The molecule has 28 heavy (non-hydrogen) atoms. The molecule has 1 saturated heterocycles. The molecule has 0 bridgehead atoms. The first kappa shape index (κ1) is 17.4. The van der Waals surface area contributed by atoms with Crippen molar-refractivity contribution in [1.29, 1.82) is 0 Å². The molecule has 0 N–H and O–H groups in total. The van der Waals surface area contributed by atoms with E-state index in [0.717, 1.165) is 48.4 Å². The van der Waals surface area contributed by atoms with E-state index in [0.29, 0.717) is 11.6 Å². The van der Waals surface area contributed by atoms with Crippen molar-refractivity contribution in [3.63, 3.8) is 0 Å². The van der Waals surface area contributed by atoms with Gasteiger partial charge in [-0.25, -0.2) is 9.97 Å². The Morgan fingerprint density at radius 1 is 1.11 bits per heavy atom. The van der Waals surface area contributed by atoms with E-state index in [2.05, 4.69) is 19.7 Å². The summed E-state index contributed by atoms with van der Waals surface area (Å²) >= 11 is 0. The summed E-state index contributed by atoms with van der Waals surface area (Å²) in [5, 5.41) is 4.16. The first-order chi connectivity index (χ1) is 13.7. The number of carbonyl (C=O) groups excluding carboxylic acids is 1. The Bertz CT molecular complexity index is 1000. The Labute approximate surface area is 163 Å². The summed E-state index contributed by atoms with van der Waals surface area (Å²) in [5.41, 5.74) is 3.11. The van der Waals surface area contributed by atoms with Gasteiger partial charge < -0.3 is 14.0 Å². The minimum atomic E-state index is -0.0366. The smallest absolute Gasteiger partial charge is 0.256 e. The second kappa shape index (κ2) is 7.04. The van der Waals surface area contributed by atoms with Crippen molar-refractivity contribution >= 4 is 17.1 Å². The number of carbonyl (C=O) groups is 1. The summed E-state index contributed by atoms with van der Waals surface area (Å²) in [6.07, 6.45) is 11.5. The van der Waals surface area contributed by atoms with Crippen molar-refractivity contribution < 1.29 is 9.32 Å². The van der Waals surface area contributed by atoms with Crippen molar-refractivity contribution in [2.45, 2.75) is 64.0 Å². The molecule has 1 atom stereocenters. The third-order valence-electron chi connectivity index (χ3n) is 6.13. The highest BCUT2D eigenvalue weighted by molar-refractivity contribution is 5.96. The van der Waals surface area contributed by atoms with Crippen LogP contribution < -0.4 is 0 Å². The van der Waals surface area contributed by atoms with Crippen molar-refractivity contribution in [1.82, 2.24) is 24.6 Å². The zero-order chi connectivity index (χ0) is 19.1. The molecule has 1 aliphatic heterocycles. The van der Waals surface area contributed by atoms with Gasteiger partial charge in [0.1, 0.15) is 17.0 Å². The second-order valence-electron chi connectivity index (χ2n) is 8.03. The average Bonchev–Trinajstić information content (AvgIpc) is 3.47. The summed E-state index contributed by atoms with van der Waals surface area (Å²) in [6, 6.07) is 4.27. The van der Waals surface area contributed by atoms with Gasteiger partial charge in [0.2, 0.25) is 0 Å². The first-order valence-corrected chi connectivity index (χ1v) is 10.3. The molecule has 4 heterocycles. The average molecular weight is 379 g/mol. The number of fused-ring (bicyclic) bond motifs is 1. The highest BCUT2D eigenvalue weighted by Crippen LogP contribution is 2.33. The lowest BCUT2D eigenvalue weighted by atomic mass is 9.98. The number of pyridine rings is 1. The van der Waals surface area contributed by atoms with E-state index in [1.54, 1.807) is 6.20 Å². The number of likely N-dealkylation sites (tertiary alicyclic amines) is 1. The zero-order valence-corrected chi connectivity index (χ0v) is 16.2. The fraction of sp³-hybridized carbons (Fsp3) is 0.524. The molecular formula is C21H25N5O2. The van der Waals surface area contributed by atoms with Gasteiger partial charge in [0, 0.05) is 24.8 Å². The Morgan fingerprint density at radius 2 is 1.93 bits per heavy atom. The molecule has 2 fully saturated rings. The molecule has 1 unspecified atom stereocenters. The summed E-state index contributed by atoms with van der Waals surface area (Å²) in [4.78, 5) is 24.4. The van der Waals surface area contributed by atoms with E-state index in [-0.39, 0.29) is 11.9 Å². The Morgan fingerprint density at radius 3 is 2.71 bits per heavy atom. The zero-order valence-electron chi connectivity index (χ0n) is 16.2. The predicted octanol–water partition coefficient (Wildman–Crippen LogP) is 4.21. The molecule has 146 valence electrons. The fourth-order valence-corrected chi connectivity index (χ4v) is 4.68. The van der Waals surface area contributed by atoms with Gasteiger partial charge in [0.25, 0.3) is 5.91 Å². The number of nitrogens with zero attached hydrogens (tertiary/aromatic N) is 5. The summed E-state index contributed by atoms with van der Waals surface area (Å²) < 4.78 is 7.43. The molecule has 0 aromatic carbocycles. The summed E-state index contributed by atoms with van der Waals surface area (Å²) in [7, 11) is 0. The van der Waals surface area contributed by atoms with Crippen LogP contribution in [0.25, 0.3) is 11.2 Å². The largest absolute Gasteiger partial charge is 0.361 e. The second-order valence-corrected chi connectivity index (χ2v) is 8.03. The molecule has 3 aromatic rings. The van der Waals surface area contributed by atoms with Gasteiger partial charge >= 0.3 is 0 Å². The van der Waals surface area contributed by atoms with Crippen LogP contribution in [0.4, 0.5) is 0 Å². The SMILES string of the molecule is Cc1cc(C2CCCCN2C(=O)c2cnc3c(c2)ncn3C2CCCC2)no1. The van der Waals surface area contributed by atoms with Crippen molar-refractivity contribution in [3.05, 3.63) is 41.7 Å². The molecule has 7 nitrogen and oxygen atoms in total. The lowest BCUT2D eigenvalue weighted by Gasteiger charge is -2.34. The van der Waals surface area contributed by atoms with Gasteiger partial charge in [0.05, 0.1) is 17.9 Å². The highest BCUT2D eigenvalue weighted by Gasteiger charge is 2.31. The van der Waals surface area contributed by atoms with Crippen LogP contribution in [-0.4, -0.2) is 37.0 Å². The van der Waals surface area contributed by atoms with Gasteiger partial charge in [-0.05, 0) is 45.1 Å². The highest BCUT2D eigenvalue weighted by atomic mass is 16.5. The van der Waals surface area contributed by atoms with Crippen LogP contribution in [0.15, 0.2) is 29.2 Å². The van der Waals surface area contributed by atoms with E-state index in [9.17, 15) is 4.79 Å². The molecule has 0 spiro atoms.